The minimum atomic E-state index is 0.256. The monoisotopic (exact) mass is 244 g/mol. The molecule has 0 atom stereocenters. The van der Waals surface area contributed by atoms with Gasteiger partial charge >= 0.3 is 0 Å². The fourth-order valence-corrected chi connectivity index (χ4v) is 1.93. The van der Waals surface area contributed by atoms with Crippen molar-refractivity contribution < 1.29 is 5.11 Å². The van der Waals surface area contributed by atoms with E-state index < -0.39 is 0 Å². The molecule has 0 bridgehead atoms. The lowest BCUT2D eigenvalue weighted by Crippen LogP contribution is -1.78. The van der Waals surface area contributed by atoms with E-state index in [1.54, 1.807) is 18.2 Å². The van der Waals surface area contributed by atoms with E-state index in [2.05, 4.69) is 9.97 Å². The summed E-state index contributed by atoms with van der Waals surface area (Å²) in [6.07, 6.45) is 0. The highest BCUT2D eigenvalue weighted by Gasteiger charge is 2.04. The van der Waals surface area contributed by atoms with Crippen molar-refractivity contribution in [2.24, 2.45) is 0 Å². The molecule has 0 aliphatic carbocycles. The highest BCUT2D eigenvalue weighted by molar-refractivity contribution is 6.29. The van der Waals surface area contributed by atoms with Gasteiger partial charge in [0, 0.05) is 11.1 Å². The quantitative estimate of drug-likeness (QED) is 0.643. The molecule has 0 spiro atoms. The van der Waals surface area contributed by atoms with Crippen molar-refractivity contribution in [3.8, 4) is 17.0 Å². The summed E-state index contributed by atoms with van der Waals surface area (Å²) in [5.41, 5.74) is 2.72. The number of fused-ring (bicyclic) bond motifs is 1. The number of H-pyrrole nitrogens is 1. The van der Waals surface area contributed by atoms with E-state index >= 15 is 0 Å². The SMILES string of the molecule is Oc1ccc(-c2cc3ccc(Cl)nc3[nH]2)cc1. The lowest BCUT2D eigenvalue weighted by Gasteiger charge is -1.97. The summed E-state index contributed by atoms with van der Waals surface area (Å²) in [6, 6.07) is 12.7. The minimum absolute atomic E-state index is 0.256. The van der Waals surface area contributed by atoms with E-state index in [0.717, 1.165) is 22.3 Å². The first-order valence-electron chi connectivity index (χ1n) is 5.17. The number of hydrogen-bond acceptors (Lipinski definition) is 2. The van der Waals surface area contributed by atoms with Crippen LogP contribution in [0.15, 0.2) is 42.5 Å². The normalized spacial score (nSPS) is 10.9. The third-order valence-electron chi connectivity index (χ3n) is 2.62. The second kappa shape index (κ2) is 3.79. The molecule has 0 saturated carbocycles. The number of nitrogens with one attached hydrogen (secondary N) is 1. The minimum Gasteiger partial charge on any atom is -0.508 e. The molecular weight excluding hydrogens is 236 g/mol. The lowest BCUT2D eigenvalue weighted by atomic mass is 10.1. The Labute approximate surface area is 103 Å². The van der Waals surface area contributed by atoms with Crippen LogP contribution >= 0.6 is 11.6 Å². The van der Waals surface area contributed by atoms with Gasteiger partial charge in [0.05, 0.1) is 0 Å². The standard InChI is InChI=1S/C13H9ClN2O/c14-12-6-3-9-7-11(15-13(9)16-12)8-1-4-10(17)5-2-8/h1-7,17H,(H,15,16). The van der Waals surface area contributed by atoms with Crippen molar-refractivity contribution in [3.63, 3.8) is 0 Å². The number of rotatable bonds is 1. The van der Waals surface area contributed by atoms with E-state index in [1.165, 1.54) is 0 Å². The summed E-state index contributed by atoms with van der Waals surface area (Å²) in [6.45, 7) is 0. The van der Waals surface area contributed by atoms with Crippen molar-refractivity contribution in [1.29, 1.82) is 0 Å². The molecule has 0 saturated heterocycles. The Morgan fingerprint density at radius 3 is 2.59 bits per heavy atom. The summed E-state index contributed by atoms with van der Waals surface area (Å²) in [4.78, 5) is 7.39. The van der Waals surface area contributed by atoms with Crippen molar-refractivity contribution >= 4 is 22.6 Å². The second-order valence-electron chi connectivity index (χ2n) is 3.80. The zero-order chi connectivity index (χ0) is 11.8. The van der Waals surface area contributed by atoms with Gasteiger partial charge in [-0.05, 0) is 48.0 Å². The molecule has 0 radical (unpaired) electrons. The van der Waals surface area contributed by atoms with Crippen molar-refractivity contribution in [2.45, 2.75) is 0 Å². The van der Waals surface area contributed by atoms with E-state index in [-0.39, 0.29) is 5.75 Å². The Morgan fingerprint density at radius 1 is 1.06 bits per heavy atom. The number of aromatic hydroxyl groups is 1. The fraction of sp³-hybridized carbons (Fsp3) is 0. The summed E-state index contributed by atoms with van der Waals surface area (Å²) >= 11 is 5.83. The van der Waals surface area contributed by atoms with Crippen LogP contribution in [0.2, 0.25) is 5.15 Å². The summed E-state index contributed by atoms with van der Waals surface area (Å²) in [5, 5.41) is 10.7. The predicted octanol–water partition coefficient (Wildman–Crippen LogP) is 3.59. The first-order chi connectivity index (χ1) is 8.22. The highest BCUT2D eigenvalue weighted by Crippen LogP contribution is 2.25. The zero-order valence-corrected chi connectivity index (χ0v) is 9.57. The maximum Gasteiger partial charge on any atom is 0.139 e. The van der Waals surface area contributed by atoms with Crippen LogP contribution < -0.4 is 0 Å². The lowest BCUT2D eigenvalue weighted by molar-refractivity contribution is 0.475. The molecule has 1 aromatic carbocycles. The van der Waals surface area contributed by atoms with Gasteiger partial charge in [-0.25, -0.2) is 4.98 Å². The van der Waals surface area contributed by atoms with Gasteiger partial charge in [0.1, 0.15) is 16.5 Å². The molecular formula is C13H9ClN2O. The van der Waals surface area contributed by atoms with Crippen LogP contribution in [0.3, 0.4) is 0 Å². The van der Waals surface area contributed by atoms with Crippen LogP contribution in [0, 0.1) is 0 Å². The van der Waals surface area contributed by atoms with Gasteiger partial charge in [0.2, 0.25) is 0 Å². The van der Waals surface area contributed by atoms with Gasteiger partial charge in [-0.15, -0.1) is 0 Å². The molecule has 3 rings (SSSR count). The molecule has 0 aliphatic rings. The molecule has 3 nitrogen and oxygen atoms in total. The number of halogens is 1. The second-order valence-corrected chi connectivity index (χ2v) is 4.19. The molecule has 0 fully saturated rings. The Bertz CT molecular complexity index is 673. The zero-order valence-electron chi connectivity index (χ0n) is 8.81. The van der Waals surface area contributed by atoms with Crippen LogP contribution in [0.4, 0.5) is 0 Å². The van der Waals surface area contributed by atoms with Gasteiger partial charge in [-0.2, -0.15) is 0 Å². The number of hydrogen-bond donors (Lipinski definition) is 2. The maximum absolute atomic E-state index is 9.24. The maximum atomic E-state index is 9.24. The first-order valence-corrected chi connectivity index (χ1v) is 5.55. The van der Waals surface area contributed by atoms with Gasteiger partial charge in [-0.3, -0.25) is 0 Å². The predicted molar refractivity (Wildman–Crippen MR) is 68.2 cm³/mol. The first kappa shape index (κ1) is 10.2. The number of benzene rings is 1. The van der Waals surface area contributed by atoms with E-state index in [0.29, 0.717) is 5.15 Å². The molecule has 84 valence electrons. The molecule has 3 aromatic rings. The summed E-state index contributed by atoms with van der Waals surface area (Å²) < 4.78 is 0. The number of aromatic nitrogens is 2. The van der Waals surface area contributed by atoms with Crippen molar-refractivity contribution in [3.05, 3.63) is 47.6 Å². The van der Waals surface area contributed by atoms with Crippen molar-refractivity contribution in [2.75, 3.05) is 0 Å². The molecule has 2 aromatic heterocycles. The number of phenols is 1. The molecule has 2 heterocycles. The van der Waals surface area contributed by atoms with Gasteiger partial charge in [-0.1, -0.05) is 11.6 Å². The Kier molecular flexibility index (Phi) is 2.27. The average molecular weight is 245 g/mol. The third-order valence-corrected chi connectivity index (χ3v) is 2.83. The van der Waals surface area contributed by atoms with Gasteiger partial charge < -0.3 is 10.1 Å². The Morgan fingerprint density at radius 2 is 1.82 bits per heavy atom. The number of aromatic amines is 1. The van der Waals surface area contributed by atoms with Gasteiger partial charge in [0.15, 0.2) is 0 Å². The number of phenolic OH excluding ortho intramolecular Hbond substituents is 1. The molecule has 4 heteroatoms. The van der Waals surface area contributed by atoms with Crippen LogP contribution in [-0.2, 0) is 0 Å². The van der Waals surface area contributed by atoms with Crippen LogP contribution in [0.5, 0.6) is 5.75 Å². The molecule has 0 unspecified atom stereocenters. The largest absolute Gasteiger partial charge is 0.508 e. The average Bonchev–Trinajstić information content (AvgIpc) is 2.72. The van der Waals surface area contributed by atoms with Crippen molar-refractivity contribution in [1.82, 2.24) is 9.97 Å². The summed E-state index contributed by atoms with van der Waals surface area (Å²) in [7, 11) is 0. The number of pyridine rings is 1. The van der Waals surface area contributed by atoms with E-state index in [4.69, 9.17) is 11.6 Å². The van der Waals surface area contributed by atoms with Crippen LogP contribution in [-0.4, -0.2) is 15.1 Å². The fourth-order valence-electron chi connectivity index (χ4n) is 1.78. The molecule has 0 aliphatic heterocycles. The topological polar surface area (TPSA) is 48.9 Å². The van der Waals surface area contributed by atoms with E-state index in [1.807, 2.05) is 24.3 Å². The smallest absolute Gasteiger partial charge is 0.139 e. The summed E-state index contributed by atoms with van der Waals surface area (Å²) in [5.74, 6) is 0.256. The van der Waals surface area contributed by atoms with Crippen LogP contribution in [0.25, 0.3) is 22.3 Å². The molecule has 17 heavy (non-hydrogen) atoms. The highest BCUT2D eigenvalue weighted by atomic mass is 35.5. The molecule has 0 amide bonds. The van der Waals surface area contributed by atoms with Crippen LogP contribution in [0.1, 0.15) is 0 Å². The van der Waals surface area contributed by atoms with Gasteiger partial charge in [0.25, 0.3) is 0 Å². The molecule has 2 N–H and O–H groups in total. The Hall–Kier alpha value is -2.00. The Balaban J connectivity index is 2.14. The number of nitrogens with zero attached hydrogens (tertiary/aromatic N) is 1. The van der Waals surface area contributed by atoms with E-state index in [9.17, 15) is 5.11 Å². The third kappa shape index (κ3) is 1.85.